The summed E-state index contributed by atoms with van der Waals surface area (Å²) in [5.41, 5.74) is -0.600. The van der Waals surface area contributed by atoms with Gasteiger partial charge < -0.3 is 4.74 Å². The number of nitrogens with zero attached hydrogens (tertiary/aromatic N) is 1. The molecule has 10 heteroatoms. The van der Waals surface area contributed by atoms with E-state index in [4.69, 9.17) is 18.3 Å². The molecule has 23 heavy (non-hydrogen) atoms. The van der Waals surface area contributed by atoms with Gasteiger partial charge in [-0.1, -0.05) is 0 Å². The van der Waals surface area contributed by atoms with Gasteiger partial charge in [-0.2, -0.15) is 0 Å². The third-order valence-corrected chi connectivity index (χ3v) is 5.31. The van der Waals surface area contributed by atoms with Gasteiger partial charge in [0.1, 0.15) is 18.4 Å². The summed E-state index contributed by atoms with van der Waals surface area (Å²) in [6.07, 6.45) is -0.129. The Labute approximate surface area is 132 Å². The number of aryl methyl sites for hydroxylation is 1. The number of hydrogen-bond acceptors (Lipinski definition) is 7. The average molecular weight is 346 g/mol. The third-order valence-electron chi connectivity index (χ3n) is 3.64. The predicted octanol–water partition coefficient (Wildman–Crippen LogP) is 1.08. The van der Waals surface area contributed by atoms with Crippen LogP contribution in [-0.2, 0) is 22.9 Å². The van der Waals surface area contributed by atoms with Crippen molar-refractivity contribution in [3.8, 4) is 0 Å². The minimum absolute atomic E-state index is 0.0578. The average Bonchev–Trinajstić information content (AvgIpc) is 2.83. The smallest absolute Gasteiger partial charge is 0.349 e. The molecule has 4 atom stereocenters. The lowest BCUT2D eigenvalue weighted by Gasteiger charge is -2.30. The lowest BCUT2D eigenvalue weighted by atomic mass is 10.2. The quantitative estimate of drug-likeness (QED) is 0.816. The summed E-state index contributed by atoms with van der Waals surface area (Å²) in [7, 11) is -3.61. The molecule has 2 aliphatic rings. The Balaban J connectivity index is 1.79. The van der Waals surface area contributed by atoms with Gasteiger partial charge in [-0.25, -0.2) is 9.36 Å². The van der Waals surface area contributed by atoms with Crippen LogP contribution in [0, 0.1) is 6.92 Å². The Morgan fingerprint density at radius 3 is 2.83 bits per heavy atom. The topological polar surface area (TPSA) is 109 Å². The van der Waals surface area contributed by atoms with Crippen LogP contribution in [0.5, 0.6) is 0 Å². The first-order chi connectivity index (χ1) is 10.8. The van der Waals surface area contributed by atoms with E-state index >= 15 is 0 Å². The molecular weight excluding hydrogens is 327 g/mol. The van der Waals surface area contributed by atoms with Crippen LogP contribution in [0.25, 0.3) is 0 Å². The van der Waals surface area contributed by atoms with Crippen LogP contribution in [0.1, 0.15) is 32.1 Å². The molecule has 1 aromatic rings. The molecule has 128 valence electrons. The van der Waals surface area contributed by atoms with E-state index in [9.17, 15) is 14.2 Å². The van der Waals surface area contributed by atoms with Crippen LogP contribution in [0.2, 0.25) is 0 Å². The van der Waals surface area contributed by atoms with Gasteiger partial charge in [0, 0.05) is 18.2 Å². The highest BCUT2D eigenvalue weighted by Crippen LogP contribution is 2.57. The van der Waals surface area contributed by atoms with Crippen molar-refractivity contribution in [2.24, 2.45) is 0 Å². The van der Waals surface area contributed by atoms with E-state index in [1.807, 2.05) is 0 Å². The zero-order chi connectivity index (χ0) is 16.8. The van der Waals surface area contributed by atoms with Crippen LogP contribution in [0.4, 0.5) is 0 Å². The molecule has 3 rings (SSSR count). The van der Waals surface area contributed by atoms with E-state index in [1.165, 1.54) is 10.8 Å². The normalized spacial score (nSPS) is 33.8. The zero-order valence-electron chi connectivity index (χ0n) is 13.1. The van der Waals surface area contributed by atoms with Crippen LogP contribution < -0.4 is 11.2 Å². The maximum atomic E-state index is 12.4. The fraction of sp³-hybridized carbons (Fsp3) is 0.692. The van der Waals surface area contributed by atoms with E-state index in [2.05, 4.69) is 4.98 Å². The zero-order valence-corrected chi connectivity index (χ0v) is 13.9. The molecule has 0 bridgehead atoms. The predicted molar refractivity (Wildman–Crippen MR) is 79.2 cm³/mol. The van der Waals surface area contributed by atoms with E-state index in [0.717, 1.165) is 0 Å². The number of fused-ring (bicyclic) bond motifs is 1. The summed E-state index contributed by atoms with van der Waals surface area (Å²) in [5.74, 6) is 0. The van der Waals surface area contributed by atoms with E-state index in [-0.39, 0.29) is 12.7 Å². The molecule has 1 N–H and O–H groups in total. The number of aromatic nitrogens is 2. The van der Waals surface area contributed by atoms with E-state index in [0.29, 0.717) is 12.0 Å². The van der Waals surface area contributed by atoms with Gasteiger partial charge in [-0.3, -0.25) is 27.9 Å². The monoisotopic (exact) mass is 346 g/mol. The molecule has 2 fully saturated rings. The van der Waals surface area contributed by atoms with Crippen LogP contribution in [-0.4, -0.2) is 34.5 Å². The molecular formula is C13H19N2O7P. The molecule has 1 unspecified atom stereocenters. The van der Waals surface area contributed by atoms with Crippen molar-refractivity contribution in [2.45, 2.75) is 51.7 Å². The Morgan fingerprint density at radius 2 is 2.13 bits per heavy atom. The van der Waals surface area contributed by atoms with Gasteiger partial charge in [0.25, 0.3) is 5.56 Å². The van der Waals surface area contributed by atoms with Crippen molar-refractivity contribution < 1.29 is 22.9 Å². The molecule has 1 aromatic heterocycles. The standard InChI is InChI=1S/C13H19N2O7P/c1-7(2)21-23(18)19-6-10-9(22-23)4-11(20-10)15-5-8(3)12(16)14-13(15)17/h5,7,9-11H,4,6H2,1-3H3,(H,14,16,17)/t9-,10+,11+,23?/m0/s1. The molecule has 2 saturated heterocycles. The van der Waals surface area contributed by atoms with Crippen molar-refractivity contribution >= 4 is 7.82 Å². The summed E-state index contributed by atoms with van der Waals surface area (Å²) in [4.78, 5) is 25.6. The summed E-state index contributed by atoms with van der Waals surface area (Å²) in [6.45, 7) is 5.12. The van der Waals surface area contributed by atoms with Crippen LogP contribution in [0.15, 0.2) is 15.8 Å². The molecule has 3 heterocycles. The number of phosphoric acid groups is 1. The van der Waals surface area contributed by atoms with Crippen molar-refractivity contribution in [3.05, 3.63) is 32.6 Å². The summed E-state index contributed by atoms with van der Waals surface area (Å²) in [6, 6.07) is 0. The summed E-state index contributed by atoms with van der Waals surface area (Å²) in [5, 5.41) is 0. The maximum Gasteiger partial charge on any atom is 0.475 e. The highest BCUT2D eigenvalue weighted by molar-refractivity contribution is 7.48. The first-order valence-electron chi connectivity index (χ1n) is 7.36. The second-order valence-corrected chi connectivity index (χ2v) is 7.46. The van der Waals surface area contributed by atoms with Gasteiger partial charge in [-0.05, 0) is 20.8 Å². The molecule has 9 nitrogen and oxygen atoms in total. The highest BCUT2D eigenvalue weighted by atomic mass is 31.2. The number of nitrogens with one attached hydrogen (secondary N) is 1. The van der Waals surface area contributed by atoms with Crippen LogP contribution >= 0.6 is 7.82 Å². The van der Waals surface area contributed by atoms with Gasteiger partial charge in [0.2, 0.25) is 0 Å². The fourth-order valence-electron chi connectivity index (χ4n) is 2.61. The Morgan fingerprint density at radius 1 is 1.39 bits per heavy atom. The number of ether oxygens (including phenoxy) is 1. The number of H-pyrrole nitrogens is 1. The van der Waals surface area contributed by atoms with E-state index in [1.54, 1.807) is 20.8 Å². The lowest BCUT2D eigenvalue weighted by molar-refractivity contribution is -0.0749. The van der Waals surface area contributed by atoms with Gasteiger partial charge in [-0.15, -0.1) is 0 Å². The van der Waals surface area contributed by atoms with Crippen molar-refractivity contribution in [1.82, 2.24) is 9.55 Å². The van der Waals surface area contributed by atoms with Crippen molar-refractivity contribution in [2.75, 3.05) is 6.61 Å². The highest BCUT2D eigenvalue weighted by Gasteiger charge is 2.48. The maximum absolute atomic E-state index is 12.4. The van der Waals surface area contributed by atoms with Crippen molar-refractivity contribution in [1.29, 1.82) is 0 Å². The Kier molecular flexibility index (Phi) is 4.33. The second-order valence-electron chi connectivity index (χ2n) is 5.88. The van der Waals surface area contributed by atoms with E-state index < -0.39 is 37.5 Å². The molecule has 0 radical (unpaired) electrons. The SMILES string of the molecule is Cc1cn([C@H]2C[C@@H]3OP(=O)(OC(C)C)OC[C@H]3O2)c(=O)[nH]c1=O. The molecule has 0 amide bonds. The Hall–Kier alpha value is -1.25. The molecule has 0 saturated carbocycles. The minimum atomic E-state index is -3.61. The summed E-state index contributed by atoms with van der Waals surface area (Å²) >= 11 is 0. The second kappa shape index (κ2) is 5.99. The first-order valence-corrected chi connectivity index (χ1v) is 8.82. The van der Waals surface area contributed by atoms with Gasteiger partial charge >= 0.3 is 13.5 Å². The number of aromatic amines is 1. The molecule has 0 aromatic carbocycles. The first kappa shape index (κ1) is 16.6. The van der Waals surface area contributed by atoms with Crippen LogP contribution in [0.3, 0.4) is 0 Å². The molecule has 0 aliphatic carbocycles. The molecule has 0 spiro atoms. The number of hydrogen-bond donors (Lipinski definition) is 1. The third kappa shape index (κ3) is 3.34. The van der Waals surface area contributed by atoms with Crippen molar-refractivity contribution in [3.63, 3.8) is 0 Å². The van der Waals surface area contributed by atoms with Gasteiger partial charge in [0.15, 0.2) is 0 Å². The summed E-state index contributed by atoms with van der Waals surface area (Å²) < 4.78 is 35.3. The minimum Gasteiger partial charge on any atom is -0.349 e. The Bertz CT molecular complexity index is 755. The lowest BCUT2D eigenvalue weighted by Crippen LogP contribution is -2.34. The van der Waals surface area contributed by atoms with Gasteiger partial charge in [0.05, 0.1) is 12.7 Å². The number of rotatable bonds is 3. The largest absolute Gasteiger partial charge is 0.475 e. The number of phosphoric ester groups is 1. The fourth-order valence-corrected chi connectivity index (χ4v) is 4.18. The molecule has 2 aliphatic heterocycles.